The maximum absolute atomic E-state index is 12.3. The van der Waals surface area contributed by atoms with Crippen LogP contribution in [0.25, 0.3) is 0 Å². The van der Waals surface area contributed by atoms with Gasteiger partial charge in [-0.1, -0.05) is 0 Å². The second kappa shape index (κ2) is 6.10. The third kappa shape index (κ3) is 3.31. The number of rotatable bonds is 2. The second-order valence-electron chi connectivity index (χ2n) is 5.47. The zero-order chi connectivity index (χ0) is 15.6. The normalized spacial score (nSPS) is 21.9. The van der Waals surface area contributed by atoms with Crippen molar-refractivity contribution in [2.75, 3.05) is 13.1 Å². The number of hydrogen-bond acceptors (Lipinski definition) is 4. The Kier molecular flexibility index (Phi) is 4.43. The van der Waals surface area contributed by atoms with Crippen molar-refractivity contribution in [1.82, 2.24) is 9.47 Å². The SMILES string of the molecule is Cc1ccn(CC(=O)N2C[C@@H](C)O[C@@H](C)C2)c(=O)c1C#N. The molecule has 21 heavy (non-hydrogen) atoms. The predicted octanol–water partition coefficient (Wildman–Crippen LogP) is 0.664. The van der Waals surface area contributed by atoms with Gasteiger partial charge in [0, 0.05) is 19.3 Å². The first-order valence-electron chi connectivity index (χ1n) is 6.95. The van der Waals surface area contributed by atoms with Crippen molar-refractivity contribution in [3.63, 3.8) is 0 Å². The summed E-state index contributed by atoms with van der Waals surface area (Å²) >= 11 is 0. The summed E-state index contributed by atoms with van der Waals surface area (Å²) in [4.78, 5) is 26.1. The minimum atomic E-state index is -0.416. The van der Waals surface area contributed by atoms with E-state index < -0.39 is 5.56 Å². The van der Waals surface area contributed by atoms with E-state index in [1.807, 2.05) is 19.9 Å². The fourth-order valence-electron chi connectivity index (χ4n) is 2.55. The van der Waals surface area contributed by atoms with Crippen molar-refractivity contribution in [3.8, 4) is 6.07 Å². The Morgan fingerprint density at radius 2 is 2.05 bits per heavy atom. The molecule has 6 heteroatoms. The van der Waals surface area contributed by atoms with Crippen LogP contribution in [0.1, 0.15) is 25.0 Å². The molecule has 1 aliphatic rings. The first kappa shape index (κ1) is 15.3. The molecule has 0 aromatic carbocycles. The predicted molar refractivity (Wildman–Crippen MR) is 76.7 cm³/mol. The maximum Gasteiger partial charge on any atom is 0.269 e. The number of ether oxygens (including phenoxy) is 1. The molecule has 112 valence electrons. The lowest BCUT2D eigenvalue weighted by Gasteiger charge is -2.35. The van der Waals surface area contributed by atoms with Crippen LogP contribution >= 0.6 is 0 Å². The second-order valence-corrected chi connectivity index (χ2v) is 5.47. The van der Waals surface area contributed by atoms with E-state index in [-0.39, 0.29) is 30.2 Å². The molecule has 1 fully saturated rings. The minimum Gasteiger partial charge on any atom is -0.372 e. The van der Waals surface area contributed by atoms with E-state index in [2.05, 4.69) is 0 Å². The molecule has 0 saturated carbocycles. The van der Waals surface area contributed by atoms with Crippen LogP contribution in [0.3, 0.4) is 0 Å². The highest BCUT2D eigenvalue weighted by atomic mass is 16.5. The molecular formula is C15H19N3O3. The fourth-order valence-corrected chi connectivity index (χ4v) is 2.55. The lowest BCUT2D eigenvalue weighted by atomic mass is 10.2. The number of pyridine rings is 1. The van der Waals surface area contributed by atoms with E-state index in [0.717, 1.165) is 0 Å². The van der Waals surface area contributed by atoms with Crippen LogP contribution in [-0.4, -0.2) is 40.7 Å². The van der Waals surface area contributed by atoms with Crippen molar-refractivity contribution in [3.05, 3.63) is 33.7 Å². The molecule has 0 N–H and O–H groups in total. The van der Waals surface area contributed by atoms with Crippen LogP contribution in [0.5, 0.6) is 0 Å². The van der Waals surface area contributed by atoms with E-state index in [0.29, 0.717) is 18.7 Å². The summed E-state index contributed by atoms with van der Waals surface area (Å²) in [6, 6.07) is 3.57. The Hall–Kier alpha value is -2.13. The number of aromatic nitrogens is 1. The number of carbonyl (C=O) groups excluding carboxylic acids is 1. The van der Waals surface area contributed by atoms with Crippen LogP contribution in [0.4, 0.5) is 0 Å². The van der Waals surface area contributed by atoms with Gasteiger partial charge in [-0.05, 0) is 32.4 Å². The Bertz CT molecular complexity index is 635. The lowest BCUT2D eigenvalue weighted by Crippen LogP contribution is -2.49. The first-order valence-corrected chi connectivity index (χ1v) is 6.95. The molecule has 1 aromatic rings. The van der Waals surface area contributed by atoms with Gasteiger partial charge in [-0.2, -0.15) is 5.26 Å². The topological polar surface area (TPSA) is 75.3 Å². The molecule has 1 aromatic heterocycles. The molecule has 2 atom stereocenters. The maximum atomic E-state index is 12.3. The molecule has 2 rings (SSSR count). The molecule has 6 nitrogen and oxygen atoms in total. The van der Waals surface area contributed by atoms with Gasteiger partial charge in [-0.15, -0.1) is 0 Å². The van der Waals surface area contributed by atoms with Gasteiger partial charge >= 0.3 is 0 Å². The minimum absolute atomic E-state index is 0.0119. The van der Waals surface area contributed by atoms with E-state index >= 15 is 0 Å². The van der Waals surface area contributed by atoms with Crippen molar-refractivity contribution in [2.24, 2.45) is 0 Å². The number of nitrogens with zero attached hydrogens (tertiary/aromatic N) is 3. The highest BCUT2D eigenvalue weighted by molar-refractivity contribution is 5.76. The molecule has 0 unspecified atom stereocenters. The van der Waals surface area contributed by atoms with Gasteiger partial charge in [0.2, 0.25) is 5.91 Å². The molecule has 1 saturated heterocycles. The Morgan fingerprint density at radius 1 is 1.43 bits per heavy atom. The number of carbonyl (C=O) groups is 1. The van der Waals surface area contributed by atoms with Crippen LogP contribution < -0.4 is 5.56 Å². The molecule has 2 heterocycles. The van der Waals surface area contributed by atoms with E-state index in [4.69, 9.17) is 10.00 Å². The third-order valence-electron chi connectivity index (χ3n) is 3.56. The molecule has 1 amide bonds. The highest BCUT2D eigenvalue weighted by Crippen LogP contribution is 2.11. The quantitative estimate of drug-likeness (QED) is 0.801. The van der Waals surface area contributed by atoms with E-state index in [9.17, 15) is 9.59 Å². The van der Waals surface area contributed by atoms with Gasteiger partial charge in [0.25, 0.3) is 5.56 Å². The molecule has 1 aliphatic heterocycles. The number of morpholine rings is 1. The summed E-state index contributed by atoms with van der Waals surface area (Å²) in [6.45, 7) is 6.54. The van der Waals surface area contributed by atoms with Crippen LogP contribution in [0.15, 0.2) is 17.1 Å². The molecule has 0 spiro atoms. The zero-order valence-electron chi connectivity index (χ0n) is 12.5. The number of amides is 1. The summed E-state index contributed by atoms with van der Waals surface area (Å²) in [5.41, 5.74) is 0.300. The van der Waals surface area contributed by atoms with Gasteiger partial charge in [0.05, 0.1) is 12.2 Å². The standard InChI is InChI=1S/C15H19N3O3/c1-10-4-5-17(15(20)13(10)6-16)9-14(19)18-7-11(2)21-12(3)8-18/h4-5,11-12H,7-9H2,1-3H3/t11-,12+. The monoisotopic (exact) mass is 289 g/mol. The van der Waals surface area contributed by atoms with Gasteiger partial charge in [-0.3, -0.25) is 9.59 Å². The zero-order valence-corrected chi connectivity index (χ0v) is 12.5. The van der Waals surface area contributed by atoms with E-state index in [1.54, 1.807) is 24.1 Å². The lowest BCUT2D eigenvalue weighted by molar-refractivity contribution is -0.143. The van der Waals surface area contributed by atoms with E-state index in [1.165, 1.54) is 4.57 Å². The fraction of sp³-hybridized carbons (Fsp3) is 0.533. The van der Waals surface area contributed by atoms with Crippen LogP contribution in [-0.2, 0) is 16.1 Å². The average molecular weight is 289 g/mol. The Labute approximate surface area is 123 Å². The summed E-state index contributed by atoms with van der Waals surface area (Å²) in [5.74, 6) is -0.133. The third-order valence-corrected chi connectivity index (χ3v) is 3.56. The van der Waals surface area contributed by atoms with Gasteiger partial charge in [0.15, 0.2) is 0 Å². The number of nitriles is 1. The van der Waals surface area contributed by atoms with Gasteiger partial charge < -0.3 is 14.2 Å². The summed E-state index contributed by atoms with van der Waals surface area (Å²) < 4.78 is 6.88. The Morgan fingerprint density at radius 3 is 2.62 bits per heavy atom. The first-order chi connectivity index (χ1) is 9.92. The van der Waals surface area contributed by atoms with Crippen molar-refractivity contribution in [2.45, 2.75) is 39.5 Å². The molecule has 0 aliphatic carbocycles. The molecule has 0 bridgehead atoms. The highest BCUT2D eigenvalue weighted by Gasteiger charge is 2.26. The van der Waals surface area contributed by atoms with Gasteiger partial charge in [0.1, 0.15) is 18.2 Å². The van der Waals surface area contributed by atoms with Crippen molar-refractivity contribution in [1.29, 1.82) is 5.26 Å². The summed E-state index contributed by atoms with van der Waals surface area (Å²) in [7, 11) is 0. The van der Waals surface area contributed by atoms with Crippen molar-refractivity contribution >= 4 is 5.91 Å². The van der Waals surface area contributed by atoms with Crippen molar-refractivity contribution < 1.29 is 9.53 Å². The largest absolute Gasteiger partial charge is 0.372 e. The summed E-state index contributed by atoms with van der Waals surface area (Å²) in [6.07, 6.45) is 1.54. The van der Waals surface area contributed by atoms with Crippen LogP contribution in [0, 0.1) is 18.3 Å². The van der Waals surface area contributed by atoms with Crippen LogP contribution in [0.2, 0.25) is 0 Å². The summed E-state index contributed by atoms with van der Waals surface area (Å²) in [5, 5.41) is 9.00. The number of aryl methyl sites for hydroxylation is 1. The molecule has 0 radical (unpaired) electrons. The smallest absolute Gasteiger partial charge is 0.269 e. The number of hydrogen-bond donors (Lipinski definition) is 0. The molecular weight excluding hydrogens is 270 g/mol. The average Bonchev–Trinajstić information content (AvgIpc) is 2.41. The Balaban J connectivity index is 2.17. The van der Waals surface area contributed by atoms with Gasteiger partial charge in [-0.25, -0.2) is 0 Å².